The summed E-state index contributed by atoms with van der Waals surface area (Å²) in [6.07, 6.45) is 3.80. The van der Waals surface area contributed by atoms with E-state index < -0.39 is 0 Å². The first-order valence-electron chi connectivity index (χ1n) is 7.55. The Labute approximate surface area is 149 Å². The number of benzene rings is 1. The van der Waals surface area contributed by atoms with Crippen molar-refractivity contribution in [2.24, 2.45) is 0 Å². The summed E-state index contributed by atoms with van der Waals surface area (Å²) in [4.78, 5) is 22.3. The maximum atomic E-state index is 11.6. The van der Waals surface area contributed by atoms with Crippen LogP contribution in [0.3, 0.4) is 0 Å². The van der Waals surface area contributed by atoms with E-state index in [-0.39, 0.29) is 5.91 Å². The predicted molar refractivity (Wildman–Crippen MR) is 101 cm³/mol. The topological polar surface area (TPSA) is 46.1 Å². The molecule has 1 amide bonds. The smallest absolute Gasteiger partial charge is 0.225 e. The van der Waals surface area contributed by atoms with Gasteiger partial charge in [0.15, 0.2) is 5.13 Å². The molecule has 6 heteroatoms. The molecule has 24 heavy (non-hydrogen) atoms. The second kappa shape index (κ2) is 7.11. The van der Waals surface area contributed by atoms with Crippen molar-refractivity contribution >= 4 is 57.0 Å². The zero-order valence-electron chi connectivity index (χ0n) is 13.4. The molecule has 0 unspecified atom stereocenters. The zero-order chi connectivity index (χ0) is 17.1. The lowest BCUT2D eigenvalue weighted by molar-refractivity contribution is -0.116. The largest absolute Gasteiger partial charge is 0.289 e. The monoisotopic (exact) mass is 357 g/mol. The molecular weight excluding hydrogens is 342 g/mol. The Bertz CT molecular complexity index is 920. The Kier molecular flexibility index (Phi) is 4.92. The zero-order valence-corrected chi connectivity index (χ0v) is 14.9. The number of thiazole rings is 1. The van der Waals surface area contributed by atoms with Crippen LogP contribution in [0.15, 0.2) is 35.7 Å². The lowest BCUT2D eigenvalue weighted by Gasteiger charge is -2.14. The number of hydrogen-bond acceptors (Lipinski definition) is 4. The number of hydrogen-bond donors (Lipinski definition) is 0. The van der Waals surface area contributed by atoms with Crippen LogP contribution in [-0.4, -0.2) is 22.4 Å². The number of carbonyl (C=O) groups excluding carboxylic acids is 1. The maximum Gasteiger partial charge on any atom is 0.225 e. The molecule has 0 N–H and O–H groups in total. The van der Waals surface area contributed by atoms with Gasteiger partial charge < -0.3 is 0 Å². The number of anilines is 1. The molecule has 4 nitrogen and oxygen atoms in total. The standard InChI is InChI=1S/C18H16ClN3OS/c1-3-22(12(2)23)18-21-16(11-24-18)9-8-15-7-5-13-4-6-14(19)10-17(13)20-15/h4-11H,3H2,1-2H3/b9-8-. The molecule has 122 valence electrons. The molecule has 0 spiro atoms. The molecule has 0 aliphatic carbocycles. The summed E-state index contributed by atoms with van der Waals surface area (Å²) in [5, 5.41) is 4.36. The lowest BCUT2D eigenvalue weighted by atomic mass is 10.2. The van der Waals surface area contributed by atoms with Gasteiger partial charge in [0.1, 0.15) is 0 Å². The Morgan fingerprint density at radius 2 is 1.96 bits per heavy atom. The third kappa shape index (κ3) is 3.63. The molecule has 0 saturated carbocycles. The SMILES string of the molecule is CCN(C(C)=O)c1nc(/C=C\c2ccc3ccc(Cl)cc3n2)cs1. The van der Waals surface area contributed by atoms with Crippen molar-refractivity contribution in [1.29, 1.82) is 0 Å². The Hall–Kier alpha value is -2.24. The minimum atomic E-state index is -0.00421. The van der Waals surface area contributed by atoms with E-state index >= 15 is 0 Å². The molecule has 0 bridgehead atoms. The van der Waals surface area contributed by atoms with Crippen molar-refractivity contribution in [2.75, 3.05) is 11.4 Å². The minimum Gasteiger partial charge on any atom is -0.289 e. The van der Waals surface area contributed by atoms with Crippen molar-refractivity contribution in [3.63, 3.8) is 0 Å². The summed E-state index contributed by atoms with van der Waals surface area (Å²) in [6, 6.07) is 9.62. The molecule has 0 radical (unpaired) electrons. The predicted octanol–water partition coefficient (Wildman–Crippen LogP) is 4.89. The van der Waals surface area contributed by atoms with Crippen LogP contribution < -0.4 is 4.90 Å². The van der Waals surface area contributed by atoms with E-state index in [2.05, 4.69) is 9.97 Å². The van der Waals surface area contributed by atoms with E-state index in [0.717, 1.165) is 22.3 Å². The van der Waals surface area contributed by atoms with E-state index in [9.17, 15) is 4.79 Å². The number of pyridine rings is 1. The van der Waals surface area contributed by atoms with Gasteiger partial charge in [-0.15, -0.1) is 11.3 Å². The Balaban J connectivity index is 1.83. The molecule has 2 aromatic heterocycles. The number of halogens is 1. The van der Waals surface area contributed by atoms with Crippen molar-refractivity contribution in [3.05, 3.63) is 52.1 Å². The summed E-state index contributed by atoms with van der Waals surface area (Å²) >= 11 is 7.47. The fraction of sp³-hybridized carbons (Fsp3) is 0.167. The average molecular weight is 358 g/mol. The lowest BCUT2D eigenvalue weighted by Crippen LogP contribution is -2.27. The van der Waals surface area contributed by atoms with Crippen molar-refractivity contribution in [3.8, 4) is 0 Å². The highest BCUT2D eigenvalue weighted by Gasteiger charge is 2.12. The summed E-state index contributed by atoms with van der Waals surface area (Å²) in [7, 11) is 0. The van der Waals surface area contributed by atoms with E-state index in [1.807, 2.05) is 54.8 Å². The molecule has 0 aliphatic rings. The molecule has 0 fully saturated rings. The molecule has 1 aromatic carbocycles. The minimum absolute atomic E-state index is 0.00421. The summed E-state index contributed by atoms with van der Waals surface area (Å²) in [5.74, 6) is -0.00421. The number of aromatic nitrogens is 2. The fourth-order valence-electron chi connectivity index (χ4n) is 2.34. The average Bonchev–Trinajstić information content (AvgIpc) is 3.01. The highest BCUT2D eigenvalue weighted by atomic mass is 35.5. The summed E-state index contributed by atoms with van der Waals surface area (Å²) in [5.41, 5.74) is 2.50. The number of carbonyl (C=O) groups is 1. The fourth-order valence-corrected chi connectivity index (χ4v) is 3.41. The van der Waals surface area contributed by atoms with Crippen LogP contribution in [0.1, 0.15) is 25.2 Å². The van der Waals surface area contributed by atoms with Crippen molar-refractivity contribution in [1.82, 2.24) is 9.97 Å². The number of amides is 1. The van der Waals surface area contributed by atoms with Gasteiger partial charge in [-0.1, -0.05) is 23.7 Å². The normalized spacial score (nSPS) is 11.3. The van der Waals surface area contributed by atoms with E-state index in [0.29, 0.717) is 16.7 Å². The highest BCUT2D eigenvalue weighted by Crippen LogP contribution is 2.22. The molecule has 3 aromatic rings. The van der Waals surface area contributed by atoms with Gasteiger partial charge in [-0.3, -0.25) is 9.69 Å². The van der Waals surface area contributed by atoms with Gasteiger partial charge in [0.25, 0.3) is 0 Å². The molecule has 0 saturated heterocycles. The van der Waals surface area contributed by atoms with E-state index in [1.54, 1.807) is 11.8 Å². The van der Waals surface area contributed by atoms with Gasteiger partial charge in [-0.05, 0) is 37.3 Å². The van der Waals surface area contributed by atoms with Crippen LogP contribution in [0.4, 0.5) is 5.13 Å². The molecule has 0 atom stereocenters. The van der Waals surface area contributed by atoms with Crippen LogP contribution in [0, 0.1) is 0 Å². The molecular formula is C18H16ClN3OS. The van der Waals surface area contributed by atoms with Crippen molar-refractivity contribution in [2.45, 2.75) is 13.8 Å². The molecule has 0 aliphatic heterocycles. The second-order valence-corrected chi connectivity index (χ2v) is 6.50. The van der Waals surface area contributed by atoms with Gasteiger partial charge >= 0.3 is 0 Å². The number of nitrogens with zero attached hydrogens (tertiary/aromatic N) is 3. The van der Waals surface area contributed by atoms with Crippen LogP contribution in [0.5, 0.6) is 0 Å². The summed E-state index contributed by atoms with van der Waals surface area (Å²) < 4.78 is 0. The van der Waals surface area contributed by atoms with Gasteiger partial charge in [0, 0.05) is 29.3 Å². The van der Waals surface area contributed by atoms with E-state index in [4.69, 9.17) is 11.6 Å². The van der Waals surface area contributed by atoms with Gasteiger partial charge in [0.2, 0.25) is 5.91 Å². The first-order valence-corrected chi connectivity index (χ1v) is 8.80. The van der Waals surface area contributed by atoms with Gasteiger partial charge in [-0.25, -0.2) is 9.97 Å². The van der Waals surface area contributed by atoms with Crippen LogP contribution in [0.2, 0.25) is 5.02 Å². The molecule has 2 heterocycles. The van der Waals surface area contributed by atoms with Gasteiger partial charge in [0.05, 0.1) is 16.9 Å². The number of rotatable bonds is 4. The van der Waals surface area contributed by atoms with Gasteiger partial charge in [-0.2, -0.15) is 0 Å². The van der Waals surface area contributed by atoms with Crippen molar-refractivity contribution < 1.29 is 4.79 Å². The third-order valence-electron chi connectivity index (χ3n) is 3.54. The molecule has 3 rings (SSSR count). The number of fused-ring (bicyclic) bond motifs is 1. The van der Waals surface area contributed by atoms with Crippen LogP contribution in [0.25, 0.3) is 23.1 Å². The third-order valence-corrected chi connectivity index (χ3v) is 4.65. The second-order valence-electron chi connectivity index (χ2n) is 5.22. The Morgan fingerprint density at radius 1 is 1.21 bits per heavy atom. The first-order chi connectivity index (χ1) is 11.6. The Morgan fingerprint density at radius 3 is 2.71 bits per heavy atom. The highest BCUT2D eigenvalue weighted by molar-refractivity contribution is 7.14. The maximum absolute atomic E-state index is 11.6. The van der Waals surface area contributed by atoms with Crippen LogP contribution >= 0.6 is 22.9 Å². The van der Waals surface area contributed by atoms with E-state index in [1.165, 1.54) is 11.3 Å². The van der Waals surface area contributed by atoms with Crippen LogP contribution in [-0.2, 0) is 4.79 Å². The summed E-state index contributed by atoms with van der Waals surface area (Å²) in [6.45, 7) is 4.09. The quantitative estimate of drug-likeness (QED) is 0.668. The first kappa shape index (κ1) is 16.6.